The minimum Gasteiger partial charge on any atom is -0.497 e. The highest BCUT2D eigenvalue weighted by Gasteiger charge is 2.04. The second-order valence-electron chi connectivity index (χ2n) is 3.96. The van der Waals surface area contributed by atoms with Crippen LogP contribution >= 0.6 is 0 Å². The molecule has 1 atom stereocenters. The van der Waals surface area contributed by atoms with Crippen LogP contribution in [0.15, 0.2) is 59.5 Å². The van der Waals surface area contributed by atoms with Crippen molar-refractivity contribution in [2.75, 3.05) is 12.9 Å². The van der Waals surface area contributed by atoms with E-state index in [0.717, 1.165) is 17.1 Å². The lowest BCUT2D eigenvalue weighted by Crippen LogP contribution is -2.01. The average Bonchev–Trinajstić information content (AvgIpc) is 2.46. The Hall–Kier alpha value is -1.61. The summed E-state index contributed by atoms with van der Waals surface area (Å²) < 4.78 is 17.2. The van der Waals surface area contributed by atoms with Crippen LogP contribution < -0.4 is 4.74 Å². The molecule has 0 fully saturated rings. The summed E-state index contributed by atoms with van der Waals surface area (Å²) in [6.07, 6.45) is 0.833. The Morgan fingerprint density at radius 3 is 2.28 bits per heavy atom. The normalized spacial score (nSPS) is 12.1. The van der Waals surface area contributed by atoms with Gasteiger partial charge in [0, 0.05) is 10.6 Å². The first kappa shape index (κ1) is 12.8. The van der Waals surface area contributed by atoms with Crippen molar-refractivity contribution >= 4 is 10.8 Å². The Balaban J connectivity index is 1.95. The van der Waals surface area contributed by atoms with Crippen molar-refractivity contribution in [2.45, 2.75) is 11.3 Å². The number of ether oxygens (including phenoxy) is 1. The number of rotatable bonds is 5. The Kier molecular flexibility index (Phi) is 4.53. The second kappa shape index (κ2) is 6.36. The Morgan fingerprint density at radius 2 is 1.67 bits per heavy atom. The molecule has 18 heavy (non-hydrogen) atoms. The predicted molar refractivity (Wildman–Crippen MR) is 74.4 cm³/mol. The summed E-state index contributed by atoms with van der Waals surface area (Å²) in [7, 11) is 0.677. The zero-order chi connectivity index (χ0) is 12.8. The zero-order valence-corrected chi connectivity index (χ0v) is 11.2. The molecule has 2 nitrogen and oxygen atoms in total. The standard InChI is InChI=1S/C15H16O2S/c1-17-14-7-9-15(10-8-14)18(16)12-11-13-5-3-2-4-6-13/h2-10H,11-12H2,1H3. The van der Waals surface area contributed by atoms with Crippen LogP contribution in [0.4, 0.5) is 0 Å². The lowest BCUT2D eigenvalue weighted by atomic mass is 10.2. The van der Waals surface area contributed by atoms with E-state index in [1.54, 1.807) is 7.11 Å². The van der Waals surface area contributed by atoms with E-state index in [9.17, 15) is 4.21 Å². The van der Waals surface area contributed by atoms with Gasteiger partial charge in [0.2, 0.25) is 0 Å². The molecule has 1 unspecified atom stereocenters. The number of hydrogen-bond donors (Lipinski definition) is 0. The molecule has 2 rings (SSSR count). The van der Waals surface area contributed by atoms with Gasteiger partial charge in [-0.1, -0.05) is 30.3 Å². The largest absolute Gasteiger partial charge is 0.497 e. The van der Waals surface area contributed by atoms with Gasteiger partial charge in [0.1, 0.15) is 5.75 Å². The maximum Gasteiger partial charge on any atom is 0.118 e. The molecule has 2 aromatic rings. The van der Waals surface area contributed by atoms with Crippen LogP contribution in [0.1, 0.15) is 5.56 Å². The second-order valence-corrected chi connectivity index (χ2v) is 5.53. The Bertz CT molecular complexity index is 506. The van der Waals surface area contributed by atoms with Crippen LogP contribution in [-0.2, 0) is 17.2 Å². The number of aryl methyl sites for hydroxylation is 1. The molecule has 0 amide bonds. The Labute approximate surface area is 110 Å². The van der Waals surface area contributed by atoms with E-state index in [-0.39, 0.29) is 0 Å². The summed E-state index contributed by atoms with van der Waals surface area (Å²) in [5, 5.41) is 0. The Morgan fingerprint density at radius 1 is 1.00 bits per heavy atom. The molecule has 0 aliphatic carbocycles. The summed E-state index contributed by atoms with van der Waals surface area (Å²) in [4.78, 5) is 0.853. The predicted octanol–water partition coefficient (Wildman–Crippen LogP) is 3.05. The van der Waals surface area contributed by atoms with Gasteiger partial charge in [-0.2, -0.15) is 0 Å². The van der Waals surface area contributed by atoms with Gasteiger partial charge >= 0.3 is 0 Å². The fourth-order valence-electron chi connectivity index (χ4n) is 1.70. The van der Waals surface area contributed by atoms with E-state index in [1.165, 1.54) is 5.56 Å². The van der Waals surface area contributed by atoms with E-state index in [4.69, 9.17) is 4.74 Å². The highest BCUT2D eigenvalue weighted by atomic mass is 32.2. The highest BCUT2D eigenvalue weighted by Crippen LogP contribution is 2.15. The molecule has 0 spiro atoms. The van der Waals surface area contributed by atoms with Crippen molar-refractivity contribution in [3.8, 4) is 5.75 Å². The molecule has 0 saturated carbocycles. The summed E-state index contributed by atoms with van der Waals surface area (Å²) in [5.74, 6) is 1.44. The first-order valence-electron chi connectivity index (χ1n) is 5.86. The maximum atomic E-state index is 12.1. The van der Waals surface area contributed by atoms with E-state index in [0.29, 0.717) is 5.75 Å². The SMILES string of the molecule is COc1ccc(S(=O)CCc2ccccc2)cc1. The van der Waals surface area contributed by atoms with Gasteiger partial charge < -0.3 is 4.74 Å². The van der Waals surface area contributed by atoms with Gasteiger partial charge in [-0.15, -0.1) is 0 Å². The molecule has 2 aromatic carbocycles. The average molecular weight is 260 g/mol. The smallest absolute Gasteiger partial charge is 0.118 e. The third-order valence-electron chi connectivity index (χ3n) is 2.74. The molecule has 0 bridgehead atoms. The molecule has 0 saturated heterocycles. The third kappa shape index (κ3) is 3.44. The summed E-state index contributed by atoms with van der Waals surface area (Å²) >= 11 is 0. The first-order chi connectivity index (χ1) is 8.79. The monoisotopic (exact) mass is 260 g/mol. The molecule has 0 aromatic heterocycles. The third-order valence-corrected chi connectivity index (χ3v) is 4.11. The topological polar surface area (TPSA) is 26.3 Å². The number of hydrogen-bond acceptors (Lipinski definition) is 2. The first-order valence-corrected chi connectivity index (χ1v) is 7.18. The van der Waals surface area contributed by atoms with Crippen LogP contribution in [0.3, 0.4) is 0 Å². The van der Waals surface area contributed by atoms with Crippen molar-refractivity contribution < 1.29 is 8.95 Å². The highest BCUT2D eigenvalue weighted by molar-refractivity contribution is 7.85. The van der Waals surface area contributed by atoms with Crippen LogP contribution in [0.25, 0.3) is 0 Å². The quantitative estimate of drug-likeness (QED) is 0.826. The van der Waals surface area contributed by atoms with E-state index in [2.05, 4.69) is 12.1 Å². The van der Waals surface area contributed by atoms with Crippen molar-refractivity contribution in [1.82, 2.24) is 0 Å². The molecule has 94 valence electrons. The van der Waals surface area contributed by atoms with Crippen molar-refractivity contribution in [3.05, 3.63) is 60.2 Å². The molecule has 0 heterocycles. The van der Waals surface area contributed by atoms with Gasteiger partial charge in [0.25, 0.3) is 0 Å². The molecular weight excluding hydrogens is 244 g/mol. The minimum absolute atomic E-state index is 0.649. The van der Waals surface area contributed by atoms with Gasteiger partial charge in [0.05, 0.1) is 17.9 Å². The molecule has 0 aliphatic rings. The van der Waals surface area contributed by atoms with Gasteiger partial charge in [0.15, 0.2) is 0 Å². The summed E-state index contributed by atoms with van der Waals surface area (Å²) in [6, 6.07) is 17.5. The molecular formula is C15H16O2S. The molecule has 0 aliphatic heterocycles. The lowest BCUT2D eigenvalue weighted by molar-refractivity contribution is 0.414. The van der Waals surface area contributed by atoms with Gasteiger partial charge in [-0.25, -0.2) is 0 Å². The maximum absolute atomic E-state index is 12.1. The zero-order valence-electron chi connectivity index (χ0n) is 10.3. The van der Waals surface area contributed by atoms with Crippen LogP contribution in [-0.4, -0.2) is 17.1 Å². The summed E-state index contributed by atoms with van der Waals surface area (Å²) in [5.41, 5.74) is 1.22. The van der Waals surface area contributed by atoms with Crippen molar-refractivity contribution in [3.63, 3.8) is 0 Å². The summed E-state index contributed by atoms with van der Waals surface area (Å²) in [6.45, 7) is 0. The number of benzene rings is 2. The minimum atomic E-state index is -0.950. The van der Waals surface area contributed by atoms with E-state index in [1.807, 2.05) is 42.5 Å². The van der Waals surface area contributed by atoms with Crippen molar-refractivity contribution in [1.29, 1.82) is 0 Å². The lowest BCUT2D eigenvalue weighted by Gasteiger charge is -2.04. The van der Waals surface area contributed by atoms with E-state index < -0.39 is 10.8 Å². The number of methoxy groups -OCH3 is 1. The molecule has 3 heteroatoms. The van der Waals surface area contributed by atoms with E-state index >= 15 is 0 Å². The molecule has 0 N–H and O–H groups in total. The van der Waals surface area contributed by atoms with Crippen LogP contribution in [0.2, 0.25) is 0 Å². The fourth-order valence-corrected chi connectivity index (χ4v) is 2.80. The molecule has 0 radical (unpaired) electrons. The fraction of sp³-hybridized carbons (Fsp3) is 0.200. The van der Waals surface area contributed by atoms with Gasteiger partial charge in [-0.05, 0) is 36.2 Å². The van der Waals surface area contributed by atoms with Crippen LogP contribution in [0, 0.1) is 0 Å². The van der Waals surface area contributed by atoms with Crippen LogP contribution in [0.5, 0.6) is 5.75 Å². The van der Waals surface area contributed by atoms with Crippen molar-refractivity contribution in [2.24, 2.45) is 0 Å². The van der Waals surface area contributed by atoms with Gasteiger partial charge in [-0.3, -0.25) is 4.21 Å².